The molecule has 1 fully saturated rings. The molecule has 28 heavy (non-hydrogen) atoms. The summed E-state index contributed by atoms with van der Waals surface area (Å²) in [6.07, 6.45) is -2.89. The van der Waals surface area contributed by atoms with Gasteiger partial charge in [-0.05, 0) is 25.8 Å². The average Bonchev–Trinajstić information content (AvgIpc) is 3.27. The van der Waals surface area contributed by atoms with Crippen molar-refractivity contribution in [1.82, 2.24) is 24.5 Å². The number of hydrogen-bond acceptors (Lipinski definition) is 5. The highest BCUT2D eigenvalue weighted by atomic mass is 32.1. The number of nitrogens with zero attached hydrogens (tertiary/aromatic N) is 4. The first kappa shape index (κ1) is 18.7. The second kappa shape index (κ2) is 6.43. The Hall–Kier alpha value is -2.69. The lowest BCUT2D eigenvalue weighted by Gasteiger charge is -2.07. The number of fused-ring (bicyclic) bond motifs is 1. The molecule has 7 nitrogen and oxygen atoms in total. The lowest BCUT2D eigenvalue weighted by atomic mass is 10.2. The molecule has 1 aliphatic rings. The van der Waals surface area contributed by atoms with E-state index in [0.29, 0.717) is 21.2 Å². The summed E-state index contributed by atoms with van der Waals surface area (Å²) in [5, 5.41) is 6.18. The minimum Gasteiger partial charge on any atom is -0.354 e. The molecular formula is C17H16F3N5O2S. The standard InChI is InChI=1S/C17H16F3N5O2S/c1-8-14(15(27)21-2)25-13(26)5-10(22-16(25)28-8)7-24-11(9-3-4-9)6-12(23-24)17(18,19)20/h5-6,9H,3-4,7H2,1-2H3,(H,21,27). The predicted molar refractivity (Wildman–Crippen MR) is 95.8 cm³/mol. The molecule has 0 aliphatic heterocycles. The fraction of sp³-hybridized carbons (Fsp3) is 0.412. The van der Waals surface area contributed by atoms with Crippen LogP contribution in [0.2, 0.25) is 0 Å². The zero-order valence-electron chi connectivity index (χ0n) is 15.0. The third-order valence-corrected chi connectivity index (χ3v) is 5.55. The summed E-state index contributed by atoms with van der Waals surface area (Å²) in [6.45, 7) is 1.66. The number of carbonyl (C=O) groups is 1. The summed E-state index contributed by atoms with van der Waals surface area (Å²) in [7, 11) is 1.47. The smallest absolute Gasteiger partial charge is 0.354 e. The van der Waals surface area contributed by atoms with Crippen molar-refractivity contribution in [2.75, 3.05) is 7.05 Å². The molecule has 0 bridgehead atoms. The van der Waals surface area contributed by atoms with Gasteiger partial charge in [-0.25, -0.2) is 9.38 Å². The lowest BCUT2D eigenvalue weighted by molar-refractivity contribution is -0.141. The molecule has 0 atom stereocenters. The molecule has 1 amide bonds. The van der Waals surface area contributed by atoms with Gasteiger partial charge in [0.05, 0.1) is 12.2 Å². The maximum atomic E-state index is 13.1. The second-order valence-corrected chi connectivity index (χ2v) is 7.86. The predicted octanol–water partition coefficient (Wildman–Crippen LogP) is 2.57. The Morgan fingerprint density at radius 1 is 1.36 bits per heavy atom. The SMILES string of the molecule is CNC(=O)c1c(C)sc2nc(Cn3nc(C(F)(F)F)cc3C3CC3)cc(=O)n12. The highest BCUT2D eigenvalue weighted by Crippen LogP contribution is 2.42. The number of rotatable bonds is 4. The van der Waals surface area contributed by atoms with Crippen molar-refractivity contribution in [1.29, 1.82) is 0 Å². The van der Waals surface area contributed by atoms with E-state index in [4.69, 9.17) is 0 Å². The van der Waals surface area contributed by atoms with Gasteiger partial charge in [0.2, 0.25) is 0 Å². The number of halogens is 3. The van der Waals surface area contributed by atoms with Crippen LogP contribution >= 0.6 is 11.3 Å². The monoisotopic (exact) mass is 411 g/mol. The van der Waals surface area contributed by atoms with E-state index in [-0.39, 0.29) is 18.2 Å². The Balaban J connectivity index is 1.76. The summed E-state index contributed by atoms with van der Waals surface area (Å²) in [6, 6.07) is 2.30. The largest absolute Gasteiger partial charge is 0.435 e. The van der Waals surface area contributed by atoms with Crippen LogP contribution in [0.5, 0.6) is 0 Å². The number of alkyl halides is 3. The van der Waals surface area contributed by atoms with Crippen molar-refractivity contribution in [2.45, 2.75) is 38.4 Å². The summed E-state index contributed by atoms with van der Waals surface area (Å²) < 4.78 is 41.6. The van der Waals surface area contributed by atoms with Crippen molar-refractivity contribution in [3.63, 3.8) is 0 Å². The quantitative estimate of drug-likeness (QED) is 0.716. The first-order valence-electron chi connectivity index (χ1n) is 8.58. The molecule has 0 aromatic carbocycles. The van der Waals surface area contributed by atoms with Gasteiger partial charge in [0.25, 0.3) is 11.5 Å². The molecule has 4 rings (SSSR count). The van der Waals surface area contributed by atoms with Crippen LogP contribution in [0.25, 0.3) is 4.96 Å². The third kappa shape index (κ3) is 3.19. The zero-order chi connectivity index (χ0) is 20.2. The van der Waals surface area contributed by atoms with E-state index in [2.05, 4.69) is 15.4 Å². The highest BCUT2D eigenvalue weighted by Gasteiger charge is 2.37. The van der Waals surface area contributed by atoms with Crippen LogP contribution in [0.4, 0.5) is 13.2 Å². The number of carbonyl (C=O) groups excluding carboxylic acids is 1. The van der Waals surface area contributed by atoms with Crippen LogP contribution in [0.3, 0.4) is 0 Å². The number of amides is 1. The molecule has 0 unspecified atom stereocenters. The van der Waals surface area contributed by atoms with Gasteiger partial charge < -0.3 is 5.32 Å². The Morgan fingerprint density at radius 2 is 2.07 bits per heavy atom. The summed E-state index contributed by atoms with van der Waals surface area (Å²) >= 11 is 1.18. The van der Waals surface area contributed by atoms with Crippen LogP contribution in [0, 0.1) is 6.92 Å². The van der Waals surface area contributed by atoms with Gasteiger partial charge in [0.15, 0.2) is 10.7 Å². The lowest BCUT2D eigenvalue weighted by Crippen LogP contribution is -2.26. The Bertz CT molecular complexity index is 1140. The van der Waals surface area contributed by atoms with E-state index in [9.17, 15) is 22.8 Å². The summed E-state index contributed by atoms with van der Waals surface area (Å²) in [5.74, 6) is -0.351. The minimum absolute atomic E-state index is 0.0418. The number of aryl methyl sites for hydroxylation is 1. The molecule has 1 aliphatic carbocycles. The fourth-order valence-electron chi connectivity index (χ4n) is 3.14. The maximum absolute atomic E-state index is 13.1. The van der Waals surface area contributed by atoms with Crippen LogP contribution in [-0.2, 0) is 12.7 Å². The van der Waals surface area contributed by atoms with E-state index in [1.54, 1.807) is 6.92 Å². The zero-order valence-corrected chi connectivity index (χ0v) is 15.8. The van der Waals surface area contributed by atoms with Gasteiger partial charge in [-0.2, -0.15) is 18.3 Å². The van der Waals surface area contributed by atoms with Gasteiger partial charge in [-0.1, -0.05) is 0 Å². The third-order valence-electron chi connectivity index (χ3n) is 4.59. The van der Waals surface area contributed by atoms with E-state index in [0.717, 1.165) is 18.9 Å². The van der Waals surface area contributed by atoms with Crippen LogP contribution in [0.15, 0.2) is 16.9 Å². The maximum Gasteiger partial charge on any atom is 0.435 e. The molecule has 3 heterocycles. The normalized spacial score (nSPS) is 14.6. The van der Waals surface area contributed by atoms with Gasteiger partial charge >= 0.3 is 6.18 Å². The topological polar surface area (TPSA) is 81.3 Å². The van der Waals surface area contributed by atoms with E-state index in [1.165, 1.54) is 33.5 Å². The molecule has 0 radical (unpaired) electrons. The van der Waals surface area contributed by atoms with E-state index < -0.39 is 23.3 Å². The van der Waals surface area contributed by atoms with Crippen molar-refractivity contribution in [2.24, 2.45) is 0 Å². The number of hydrogen-bond donors (Lipinski definition) is 1. The Labute approximate surface area is 160 Å². The van der Waals surface area contributed by atoms with Crippen LogP contribution in [0.1, 0.15) is 51.2 Å². The van der Waals surface area contributed by atoms with Crippen LogP contribution in [-0.4, -0.2) is 32.1 Å². The van der Waals surface area contributed by atoms with Crippen molar-refractivity contribution in [3.8, 4) is 0 Å². The van der Waals surface area contributed by atoms with Gasteiger partial charge in [0, 0.05) is 29.6 Å². The second-order valence-electron chi connectivity index (χ2n) is 6.67. The summed E-state index contributed by atoms with van der Waals surface area (Å²) in [5.41, 5.74) is -0.389. The molecule has 11 heteroatoms. The molecule has 0 spiro atoms. The molecule has 1 N–H and O–H groups in total. The minimum atomic E-state index is -4.53. The molecular weight excluding hydrogens is 395 g/mol. The molecule has 3 aromatic rings. The fourth-order valence-corrected chi connectivity index (χ4v) is 4.13. The Morgan fingerprint density at radius 3 is 2.68 bits per heavy atom. The number of thiazole rings is 1. The first-order chi connectivity index (χ1) is 13.2. The van der Waals surface area contributed by atoms with Crippen LogP contribution < -0.4 is 10.9 Å². The highest BCUT2D eigenvalue weighted by molar-refractivity contribution is 7.17. The van der Waals surface area contributed by atoms with Crippen molar-refractivity contribution >= 4 is 22.2 Å². The number of nitrogens with one attached hydrogen (secondary N) is 1. The van der Waals surface area contributed by atoms with E-state index >= 15 is 0 Å². The average molecular weight is 411 g/mol. The molecule has 3 aromatic heterocycles. The summed E-state index contributed by atoms with van der Waals surface area (Å²) in [4.78, 5) is 29.9. The van der Waals surface area contributed by atoms with Crippen molar-refractivity contribution < 1.29 is 18.0 Å². The Kier molecular flexibility index (Phi) is 4.29. The van der Waals surface area contributed by atoms with E-state index in [1.807, 2.05) is 0 Å². The van der Waals surface area contributed by atoms with Gasteiger partial charge in [-0.3, -0.25) is 14.3 Å². The first-order valence-corrected chi connectivity index (χ1v) is 9.39. The van der Waals surface area contributed by atoms with Gasteiger partial charge in [0.1, 0.15) is 5.69 Å². The molecule has 148 valence electrons. The molecule has 0 saturated heterocycles. The van der Waals surface area contributed by atoms with Crippen molar-refractivity contribution in [3.05, 3.63) is 50.1 Å². The number of aromatic nitrogens is 4. The van der Waals surface area contributed by atoms with Gasteiger partial charge in [-0.15, -0.1) is 11.3 Å². The molecule has 1 saturated carbocycles.